The zero-order chi connectivity index (χ0) is 21.5. The van der Waals surface area contributed by atoms with Crippen molar-refractivity contribution in [3.63, 3.8) is 0 Å². The van der Waals surface area contributed by atoms with Crippen molar-refractivity contribution in [1.82, 2.24) is 4.72 Å². The minimum atomic E-state index is -4.08. The Morgan fingerprint density at radius 1 is 0.767 bits per heavy atom. The first-order valence-electron chi connectivity index (χ1n) is 9.28. The van der Waals surface area contributed by atoms with Crippen molar-refractivity contribution < 1.29 is 22.6 Å². The average Bonchev–Trinajstić information content (AvgIpc) is 2.72. The van der Waals surface area contributed by atoms with Crippen LogP contribution in [0.15, 0.2) is 83.6 Å². The molecule has 2 aromatic carbocycles. The maximum atomic E-state index is 13.3. The van der Waals surface area contributed by atoms with Gasteiger partial charge in [0.05, 0.1) is 4.90 Å². The normalized spacial score (nSPS) is 13.9. The second-order valence-electron chi connectivity index (χ2n) is 7.13. The molecule has 0 fully saturated rings. The monoisotopic (exact) mass is 419 g/mol. The third-order valence-corrected chi connectivity index (χ3v) is 6.24. The summed E-state index contributed by atoms with van der Waals surface area (Å²) in [5, 5.41) is 0. The number of Topliss-reactive ketones (excluding diaryl/α,β-unsaturated/α-hetero) is 2. The highest BCUT2D eigenvalue weighted by atomic mass is 32.2. The number of fused-ring (bicyclic) bond motifs is 1. The molecule has 3 aromatic rings. The summed E-state index contributed by atoms with van der Waals surface area (Å²) in [6, 6.07) is 16.2. The van der Waals surface area contributed by atoms with Crippen LogP contribution in [-0.2, 0) is 10.0 Å². The van der Waals surface area contributed by atoms with Crippen molar-refractivity contribution in [2.45, 2.75) is 18.7 Å². The predicted octanol–water partition coefficient (Wildman–Crippen LogP) is 2.82. The molecule has 1 N–H and O–H groups in total. The second kappa shape index (κ2) is 7.35. The summed E-state index contributed by atoms with van der Waals surface area (Å²) >= 11 is 0. The molecular weight excluding hydrogens is 400 g/mol. The van der Waals surface area contributed by atoms with Gasteiger partial charge in [-0.1, -0.05) is 42.0 Å². The molecule has 4 rings (SSSR count). The maximum absolute atomic E-state index is 13.3. The summed E-state index contributed by atoms with van der Waals surface area (Å²) < 4.78 is 29.9. The molecule has 0 radical (unpaired) electrons. The Morgan fingerprint density at radius 3 is 2.03 bits per heavy atom. The van der Waals surface area contributed by atoms with Gasteiger partial charge in [-0.05, 0) is 32.0 Å². The lowest BCUT2D eigenvalue weighted by Crippen LogP contribution is -2.44. The van der Waals surface area contributed by atoms with Crippen LogP contribution in [0, 0.1) is 13.8 Å². The van der Waals surface area contributed by atoms with Gasteiger partial charge in [0.1, 0.15) is 0 Å². The van der Waals surface area contributed by atoms with Crippen LogP contribution in [0.4, 0.5) is 0 Å². The van der Waals surface area contributed by atoms with Gasteiger partial charge in [-0.15, -0.1) is 0 Å². The fourth-order valence-electron chi connectivity index (χ4n) is 3.35. The minimum absolute atomic E-state index is 0.00769. The number of benzene rings is 2. The van der Waals surface area contributed by atoms with E-state index in [0.717, 1.165) is 11.1 Å². The standard InChI is InChI=1S/C23H18N2O4S/c1-15-9-11-17(12-10-15)30(28,29)24-20-21(25-13-5-6-16(2)14-25)23(27)19-8-4-3-7-18(19)22(20)26/h3-14H,1-2H3/p+1. The van der Waals surface area contributed by atoms with Crippen LogP contribution in [0.5, 0.6) is 0 Å². The number of ketones is 2. The number of carbonyl (C=O) groups excluding carboxylic acids is 2. The molecule has 6 nitrogen and oxygen atoms in total. The van der Waals surface area contributed by atoms with E-state index < -0.39 is 21.6 Å². The number of allylic oxidation sites excluding steroid dienone is 2. The van der Waals surface area contributed by atoms with Gasteiger partial charge in [0.2, 0.25) is 5.78 Å². The van der Waals surface area contributed by atoms with Gasteiger partial charge in [0, 0.05) is 22.8 Å². The number of nitrogens with one attached hydrogen (secondary N) is 1. The number of sulfonamides is 1. The summed E-state index contributed by atoms with van der Waals surface area (Å²) in [5.74, 6) is -0.979. The molecule has 1 heterocycles. The molecule has 1 aliphatic rings. The lowest BCUT2D eigenvalue weighted by molar-refractivity contribution is -0.577. The molecule has 0 unspecified atom stereocenters. The van der Waals surface area contributed by atoms with Crippen LogP contribution in [0.2, 0.25) is 0 Å². The fraction of sp³-hybridized carbons (Fsp3) is 0.0870. The van der Waals surface area contributed by atoms with Crippen molar-refractivity contribution in [3.05, 3.63) is 101 Å². The van der Waals surface area contributed by atoms with Crippen LogP contribution in [0.25, 0.3) is 5.70 Å². The lowest BCUT2D eigenvalue weighted by atomic mass is 9.90. The maximum Gasteiger partial charge on any atom is 0.287 e. The van der Waals surface area contributed by atoms with Gasteiger partial charge in [-0.2, -0.15) is 4.57 Å². The zero-order valence-corrected chi connectivity index (χ0v) is 17.2. The number of aromatic nitrogens is 1. The summed E-state index contributed by atoms with van der Waals surface area (Å²) in [5.41, 5.74) is 1.87. The number of pyridine rings is 1. The first kappa shape index (κ1) is 19.7. The van der Waals surface area contributed by atoms with Gasteiger partial charge < -0.3 is 0 Å². The van der Waals surface area contributed by atoms with Crippen molar-refractivity contribution in [2.24, 2.45) is 0 Å². The second-order valence-corrected chi connectivity index (χ2v) is 8.82. The van der Waals surface area contributed by atoms with E-state index in [9.17, 15) is 18.0 Å². The third-order valence-electron chi connectivity index (χ3n) is 4.87. The molecule has 30 heavy (non-hydrogen) atoms. The van der Waals surface area contributed by atoms with Crippen LogP contribution in [0.1, 0.15) is 31.8 Å². The highest BCUT2D eigenvalue weighted by Gasteiger charge is 2.40. The van der Waals surface area contributed by atoms with E-state index in [4.69, 9.17) is 0 Å². The molecule has 0 amide bonds. The van der Waals surface area contributed by atoms with Crippen LogP contribution in [-0.4, -0.2) is 20.0 Å². The van der Waals surface area contributed by atoms with Gasteiger partial charge in [-0.25, -0.2) is 8.42 Å². The minimum Gasteiger partial charge on any atom is -0.287 e. The van der Waals surface area contributed by atoms with Crippen molar-refractivity contribution >= 4 is 27.3 Å². The van der Waals surface area contributed by atoms with E-state index in [2.05, 4.69) is 4.72 Å². The van der Waals surface area contributed by atoms with E-state index in [1.807, 2.05) is 19.9 Å². The molecule has 150 valence electrons. The lowest BCUT2D eigenvalue weighted by Gasteiger charge is -2.18. The van der Waals surface area contributed by atoms with Gasteiger partial charge in [0.15, 0.2) is 18.1 Å². The van der Waals surface area contributed by atoms with E-state index in [-0.39, 0.29) is 27.4 Å². The molecule has 0 aliphatic heterocycles. The first-order chi connectivity index (χ1) is 14.3. The number of carbonyl (C=O) groups is 2. The smallest absolute Gasteiger partial charge is 0.287 e. The fourth-order valence-corrected chi connectivity index (χ4v) is 4.42. The first-order valence-corrected chi connectivity index (χ1v) is 10.8. The predicted molar refractivity (Wildman–Crippen MR) is 111 cm³/mol. The number of rotatable bonds is 4. The van der Waals surface area contributed by atoms with Crippen LogP contribution >= 0.6 is 0 Å². The molecule has 0 saturated carbocycles. The van der Waals surface area contributed by atoms with Crippen molar-refractivity contribution in [1.29, 1.82) is 0 Å². The molecule has 1 aromatic heterocycles. The largest absolute Gasteiger partial charge is 0.287 e. The Bertz CT molecular complexity index is 1320. The molecule has 0 atom stereocenters. The Balaban J connectivity index is 1.92. The van der Waals surface area contributed by atoms with Crippen LogP contribution in [0.3, 0.4) is 0 Å². The van der Waals surface area contributed by atoms with Crippen molar-refractivity contribution in [2.75, 3.05) is 0 Å². The van der Waals surface area contributed by atoms with Crippen LogP contribution < -0.4 is 9.29 Å². The van der Waals surface area contributed by atoms with E-state index in [0.29, 0.717) is 0 Å². The SMILES string of the molecule is Cc1ccc(S(=O)(=O)NC2=C([n+]3cccc(C)c3)C(=O)c3ccccc3C2=O)cc1. The average molecular weight is 419 g/mol. The molecule has 1 aliphatic carbocycles. The highest BCUT2D eigenvalue weighted by molar-refractivity contribution is 7.89. The number of nitrogens with zero attached hydrogens (tertiary/aromatic N) is 1. The summed E-state index contributed by atoms with van der Waals surface area (Å²) in [7, 11) is -4.08. The quantitative estimate of drug-likeness (QED) is 0.659. The molecule has 0 bridgehead atoms. The third kappa shape index (κ3) is 3.44. The molecule has 0 spiro atoms. The number of aryl methyl sites for hydroxylation is 2. The topological polar surface area (TPSA) is 84.2 Å². The van der Waals surface area contributed by atoms with Gasteiger partial charge in [0.25, 0.3) is 21.5 Å². The Hall–Kier alpha value is -3.58. The molecule has 0 saturated heterocycles. The zero-order valence-electron chi connectivity index (χ0n) is 16.4. The molecular formula is C23H19N2O4S+. The summed E-state index contributed by atoms with van der Waals surface area (Å²) in [6.45, 7) is 3.69. The molecule has 7 heteroatoms. The van der Waals surface area contributed by atoms with Gasteiger partial charge in [-0.3, -0.25) is 14.3 Å². The summed E-state index contributed by atoms with van der Waals surface area (Å²) in [4.78, 5) is 26.5. The summed E-state index contributed by atoms with van der Waals surface area (Å²) in [6.07, 6.45) is 3.29. The Kier molecular flexibility index (Phi) is 4.83. The highest BCUT2D eigenvalue weighted by Crippen LogP contribution is 2.26. The Morgan fingerprint density at radius 2 is 1.40 bits per heavy atom. The van der Waals surface area contributed by atoms with E-state index >= 15 is 0 Å². The number of hydrogen-bond acceptors (Lipinski definition) is 4. The Labute approximate surface area is 174 Å². The number of hydrogen-bond donors (Lipinski definition) is 1. The van der Waals surface area contributed by atoms with Gasteiger partial charge >= 0.3 is 0 Å². The van der Waals surface area contributed by atoms with Crippen molar-refractivity contribution in [3.8, 4) is 0 Å². The van der Waals surface area contributed by atoms with E-state index in [1.54, 1.807) is 48.8 Å². The van der Waals surface area contributed by atoms with E-state index in [1.165, 1.54) is 22.8 Å².